The molecule has 0 saturated carbocycles. The maximum atomic E-state index is 9.78. The first kappa shape index (κ1) is 8.69. The first-order chi connectivity index (χ1) is 6.12. The van der Waals surface area contributed by atoms with Crippen molar-refractivity contribution in [3.8, 4) is 0 Å². The summed E-state index contributed by atoms with van der Waals surface area (Å²) in [6, 6.07) is 7.42. The maximum Gasteiger partial charge on any atom is 0.253 e. The van der Waals surface area contributed by atoms with E-state index in [1.165, 1.54) is 4.90 Å². The molecule has 0 aromatic heterocycles. The monoisotopic (exact) mass is 179 g/mol. The molecule has 1 aromatic rings. The van der Waals surface area contributed by atoms with Gasteiger partial charge in [-0.2, -0.15) is 0 Å². The Hall–Kier alpha value is -0.900. The third kappa shape index (κ3) is 1.25. The highest BCUT2D eigenvalue weighted by Gasteiger charge is 2.36. The van der Waals surface area contributed by atoms with E-state index in [2.05, 4.69) is 0 Å². The molecule has 3 heteroatoms. The average molecular weight is 179 g/mol. The predicted molar refractivity (Wildman–Crippen MR) is 48.9 cm³/mol. The van der Waals surface area contributed by atoms with Crippen molar-refractivity contribution in [1.29, 1.82) is 0 Å². The summed E-state index contributed by atoms with van der Waals surface area (Å²) < 4.78 is 0. The lowest BCUT2D eigenvalue weighted by Gasteiger charge is -2.37. The van der Waals surface area contributed by atoms with Crippen LogP contribution in [0.15, 0.2) is 24.3 Å². The van der Waals surface area contributed by atoms with Crippen molar-refractivity contribution in [2.24, 2.45) is 0 Å². The van der Waals surface area contributed by atoms with E-state index in [0.29, 0.717) is 12.1 Å². The Morgan fingerprint density at radius 2 is 2.00 bits per heavy atom. The highest BCUT2D eigenvalue weighted by molar-refractivity contribution is 5.32. The summed E-state index contributed by atoms with van der Waals surface area (Å²) in [7, 11) is 1.70. The zero-order valence-corrected chi connectivity index (χ0v) is 7.57. The van der Waals surface area contributed by atoms with Crippen LogP contribution in [0, 0.1) is 0 Å². The zero-order chi connectivity index (χ0) is 9.47. The third-order valence-corrected chi connectivity index (χ3v) is 2.63. The standard InChI is InChI=1S/C10H13NO2/c1-11-7-6-8-4-2-3-5-9(8)10(11,12)13/h2-5,12-13H,6-7H2,1H3. The van der Waals surface area contributed by atoms with Gasteiger partial charge >= 0.3 is 0 Å². The SMILES string of the molecule is CN1CCc2ccccc2C1(O)O. The lowest BCUT2D eigenvalue weighted by molar-refractivity contribution is -0.272. The molecule has 2 rings (SSSR count). The van der Waals surface area contributed by atoms with Gasteiger partial charge in [-0.25, -0.2) is 0 Å². The quantitative estimate of drug-likeness (QED) is 0.562. The van der Waals surface area contributed by atoms with Gasteiger partial charge in [0.2, 0.25) is 0 Å². The van der Waals surface area contributed by atoms with Gasteiger partial charge in [0, 0.05) is 12.1 Å². The van der Waals surface area contributed by atoms with Crippen LogP contribution in [0.3, 0.4) is 0 Å². The fourth-order valence-corrected chi connectivity index (χ4v) is 1.72. The van der Waals surface area contributed by atoms with Crippen molar-refractivity contribution in [1.82, 2.24) is 4.90 Å². The smallest absolute Gasteiger partial charge is 0.253 e. The second kappa shape index (κ2) is 2.80. The van der Waals surface area contributed by atoms with Crippen molar-refractivity contribution < 1.29 is 10.2 Å². The maximum absolute atomic E-state index is 9.78. The van der Waals surface area contributed by atoms with Gasteiger partial charge in [0.25, 0.3) is 5.91 Å². The molecule has 0 fully saturated rings. The van der Waals surface area contributed by atoms with E-state index >= 15 is 0 Å². The van der Waals surface area contributed by atoms with Crippen LogP contribution in [-0.4, -0.2) is 28.7 Å². The predicted octanol–water partition coefficient (Wildman–Crippen LogP) is 0.269. The van der Waals surface area contributed by atoms with Crippen LogP contribution < -0.4 is 0 Å². The number of aliphatic hydroxyl groups is 2. The summed E-state index contributed by atoms with van der Waals surface area (Å²) in [5, 5.41) is 19.6. The number of hydrogen-bond donors (Lipinski definition) is 2. The molecule has 0 aliphatic carbocycles. The third-order valence-electron chi connectivity index (χ3n) is 2.63. The summed E-state index contributed by atoms with van der Waals surface area (Å²) in [6.07, 6.45) is 0.871. The number of nitrogens with zero attached hydrogens (tertiary/aromatic N) is 1. The molecule has 1 aliphatic heterocycles. The Labute approximate surface area is 77.2 Å². The van der Waals surface area contributed by atoms with E-state index in [-0.39, 0.29) is 0 Å². The molecule has 0 atom stereocenters. The van der Waals surface area contributed by atoms with Gasteiger partial charge in [0.15, 0.2) is 0 Å². The normalized spacial score (nSPS) is 21.2. The van der Waals surface area contributed by atoms with Crippen molar-refractivity contribution in [2.75, 3.05) is 13.6 Å². The van der Waals surface area contributed by atoms with E-state index in [1.807, 2.05) is 18.2 Å². The number of likely N-dealkylation sites (N-methyl/N-ethyl adjacent to an activating group) is 1. The minimum absolute atomic E-state index is 0.601. The summed E-state index contributed by atoms with van der Waals surface area (Å²) in [5.74, 6) is -1.80. The van der Waals surface area contributed by atoms with Crippen LogP contribution in [0.4, 0.5) is 0 Å². The van der Waals surface area contributed by atoms with E-state index < -0.39 is 5.91 Å². The first-order valence-corrected chi connectivity index (χ1v) is 4.37. The molecule has 1 heterocycles. The van der Waals surface area contributed by atoms with Gasteiger partial charge in [-0.15, -0.1) is 0 Å². The van der Waals surface area contributed by atoms with Crippen molar-refractivity contribution in [3.63, 3.8) is 0 Å². The Balaban J connectivity index is 2.52. The number of rotatable bonds is 0. The summed E-state index contributed by atoms with van der Waals surface area (Å²) in [4.78, 5) is 1.54. The van der Waals surface area contributed by atoms with Crippen molar-refractivity contribution >= 4 is 0 Å². The highest BCUT2D eigenvalue weighted by Crippen LogP contribution is 2.29. The summed E-state index contributed by atoms with van der Waals surface area (Å²) in [5.41, 5.74) is 1.62. The summed E-state index contributed by atoms with van der Waals surface area (Å²) >= 11 is 0. The minimum atomic E-state index is -1.80. The highest BCUT2D eigenvalue weighted by atomic mass is 16.5. The molecular formula is C10H13NO2. The molecule has 0 bridgehead atoms. The van der Waals surface area contributed by atoms with Gasteiger partial charge < -0.3 is 10.2 Å². The number of benzene rings is 1. The molecule has 2 N–H and O–H groups in total. The van der Waals surface area contributed by atoms with Gasteiger partial charge in [-0.3, -0.25) is 4.90 Å². The molecule has 13 heavy (non-hydrogen) atoms. The second-order valence-corrected chi connectivity index (χ2v) is 3.46. The summed E-state index contributed by atoms with van der Waals surface area (Å²) in [6.45, 7) is 0.671. The molecule has 1 aliphatic rings. The molecular weight excluding hydrogens is 166 g/mol. The second-order valence-electron chi connectivity index (χ2n) is 3.46. The molecule has 0 unspecified atom stereocenters. The Kier molecular flexibility index (Phi) is 1.87. The van der Waals surface area contributed by atoms with Crippen LogP contribution in [0.1, 0.15) is 11.1 Å². The molecule has 0 spiro atoms. The molecule has 0 saturated heterocycles. The van der Waals surface area contributed by atoms with Crippen LogP contribution in [0.5, 0.6) is 0 Å². The lowest BCUT2D eigenvalue weighted by atomic mass is 9.97. The van der Waals surface area contributed by atoms with Gasteiger partial charge in [-0.05, 0) is 19.0 Å². The molecule has 1 aromatic carbocycles. The topological polar surface area (TPSA) is 43.7 Å². The molecule has 0 radical (unpaired) electrons. The van der Waals surface area contributed by atoms with E-state index in [1.54, 1.807) is 13.1 Å². The van der Waals surface area contributed by atoms with Crippen molar-refractivity contribution in [2.45, 2.75) is 12.3 Å². The fourth-order valence-electron chi connectivity index (χ4n) is 1.72. The fraction of sp³-hybridized carbons (Fsp3) is 0.400. The van der Waals surface area contributed by atoms with E-state index in [4.69, 9.17) is 0 Å². The van der Waals surface area contributed by atoms with Crippen LogP contribution in [0.25, 0.3) is 0 Å². The van der Waals surface area contributed by atoms with Crippen LogP contribution >= 0.6 is 0 Å². The lowest BCUT2D eigenvalue weighted by Crippen LogP contribution is -2.48. The van der Waals surface area contributed by atoms with Gasteiger partial charge in [-0.1, -0.05) is 24.3 Å². The Morgan fingerprint density at radius 3 is 2.77 bits per heavy atom. The van der Waals surface area contributed by atoms with Crippen LogP contribution in [0.2, 0.25) is 0 Å². The molecule has 70 valence electrons. The Morgan fingerprint density at radius 1 is 1.31 bits per heavy atom. The van der Waals surface area contributed by atoms with E-state index in [0.717, 1.165) is 12.0 Å². The van der Waals surface area contributed by atoms with Crippen molar-refractivity contribution in [3.05, 3.63) is 35.4 Å². The largest absolute Gasteiger partial charge is 0.349 e. The zero-order valence-electron chi connectivity index (χ0n) is 7.57. The minimum Gasteiger partial charge on any atom is -0.349 e. The molecule has 0 amide bonds. The van der Waals surface area contributed by atoms with Gasteiger partial charge in [0.1, 0.15) is 0 Å². The Bertz CT molecular complexity index is 322. The first-order valence-electron chi connectivity index (χ1n) is 4.37. The number of hydrogen-bond acceptors (Lipinski definition) is 3. The average Bonchev–Trinajstić information content (AvgIpc) is 2.13. The van der Waals surface area contributed by atoms with Crippen LogP contribution in [-0.2, 0) is 12.3 Å². The molecule has 3 nitrogen and oxygen atoms in total. The number of fused-ring (bicyclic) bond motifs is 1. The van der Waals surface area contributed by atoms with Gasteiger partial charge in [0.05, 0.1) is 0 Å². The van der Waals surface area contributed by atoms with E-state index in [9.17, 15) is 10.2 Å².